The van der Waals surface area contributed by atoms with Crippen molar-refractivity contribution in [3.63, 3.8) is 0 Å². The predicted molar refractivity (Wildman–Crippen MR) is 131 cm³/mol. The summed E-state index contributed by atoms with van der Waals surface area (Å²) >= 11 is 0. The van der Waals surface area contributed by atoms with Crippen LogP contribution in [0.15, 0.2) is 0 Å². The van der Waals surface area contributed by atoms with E-state index in [0.29, 0.717) is 0 Å². The molecule has 3 N–H and O–H groups in total. The number of hydrogen-bond donors (Lipinski definition) is 3. The largest absolute Gasteiger partial charge is 0.479 e. The van der Waals surface area contributed by atoms with Gasteiger partial charge in [-0.1, -0.05) is 103 Å². The first kappa shape index (κ1) is 30.4. The molecule has 6 nitrogen and oxygen atoms in total. The Morgan fingerprint density at radius 2 is 1.25 bits per heavy atom. The Morgan fingerprint density at radius 1 is 0.844 bits per heavy atom. The fraction of sp³-hybridized carbons (Fsp3) is 0.885. The quantitative estimate of drug-likeness (QED) is 0.173. The van der Waals surface area contributed by atoms with Crippen molar-refractivity contribution in [2.24, 2.45) is 0 Å². The van der Waals surface area contributed by atoms with E-state index in [1.54, 1.807) is 6.92 Å². The van der Waals surface area contributed by atoms with E-state index in [2.05, 4.69) is 17.6 Å². The van der Waals surface area contributed by atoms with Crippen molar-refractivity contribution in [3.8, 4) is 6.07 Å². The Labute approximate surface area is 196 Å². The highest BCUT2D eigenvalue weighted by Gasteiger charge is 2.35. The first-order valence-corrected chi connectivity index (χ1v) is 13.0. The van der Waals surface area contributed by atoms with Crippen LogP contribution < -0.4 is 10.6 Å². The topological polar surface area (TPSA) is 102 Å². The summed E-state index contributed by atoms with van der Waals surface area (Å²) in [6, 6.07) is 1.34. The standard InChI is InChI=1S/C26H49N3O3/c1-4-5-6-7-8-9-10-11-12-13-14-15-16-17-18-19-22-28-23(2)24(30)29-26(3,20-21-27)25(31)32/h23,28H,4-20,22H2,1-3H3,(H,29,30)(H,31,32)/t23-,26-/m1/s1. The van der Waals surface area contributed by atoms with Crippen LogP contribution in [0, 0.1) is 11.3 Å². The van der Waals surface area contributed by atoms with E-state index in [-0.39, 0.29) is 12.3 Å². The van der Waals surface area contributed by atoms with Crippen molar-refractivity contribution in [1.29, 1.82) is 5.26 Å². The molecule has 0 fully saturated rings. The summed E-state index contributed by atoms with van der Waals surface area (Å²) in [5, 5.41) is 23.7. The highest BCUT2D eigenvalue weighted by molar-refractivity contribution is 5.89. The molecule has 0 aliphatic carbocycles. The van der Waals surface area contributed by atoms with Crippen molar-refractivity contribution in [2.45, 2.75) is 142 Å². The molecule has 0 aromatic carbocycles. The number of rotatable bonds is 22. The Morgan fingerprint density at radius 3 is 1.62 bits per heavy atom. The number of nitrogens with one attached hydrogen (secondary N) is 2. The number of carboxylic acid groups (broad SMARTS) is 1. The van der Waals surface area contributed by atoms with Crippen LogP contribution in [0.3, 0.4) is 0 Å². The highest BCUT2D eigenvalue weighted by Crippen LogP contribution is 2.14. The Balaban J connectivity index is 3.54. The van der Waals surface area contributed by atoms with E-state index in [1.165, 1.54) is 96.8 Å². The lowest BCUT2D eigenvalue weighted by Gasteiger charge is -2.25. The lowest BCUT2D eigenvalue weighted by Crippen LogP contribution is -2.56. The molecule has 0 saturated carbocycles. The van der Waals surface area contributed by atoms with Crippen molar-refractivity contribution in [3.05, 3.63) is 0 Å². The van der Waals surface area contributed by atoms with Crippen LogP contribution in [0.4, 0.5) is 0 Å². The average Bonchev–Trinajstić information content (AvgIpc) is 2.75. The zero-order valence-electron chi connectivity index (χ0n) is 21.0. The van der Waals surface area contributed by atoms with E-state index >= 15 is 0 Å². The van der Waals surface area contributed by atoms with E-state index < -0.39 is 17.6 Å². The lowest BCUT2D eigenvalue weighted by atomic mass is 9.98. The number of unbranched alkanes of at least 4 members (excludes halogenated alkanes) is 15. The van der Waals surface area contributed by atoms with Gasteiger partial charge in [0.05, 0.1) is 18.5 Å². The third-order valence-corrected chi connectivity index (χ3v) is 6.18. The van der Waals surface area contributed by atoms with Gasteiger partial charge in [0.1, 0.15) is 5.54 Å². The highest BCUT2D eigenvalue weighted by atomic mass is 16.4. The summed E-state index contributed by atoms with van der Waals surface area (Å²) in [4.78, 5) is 23.5. The first-order chi connectivity index (χ1) is 15.4. The minimum atomic E-state index is -1.55. The zero-order chi connectivity index (χ0) is 24.1. The second-order valence-corrected chi connectivity index (χ2v) is 9.44. The normalized spacial score (nSPS) is 13.8. The third-order valence-electron chi connectivity index (χ3n) is 6.18. The summed E-state index contributed by atoms with van der Waals surface area (Å²) in [5.74, 6) is -1.58. The smallest absolute Gasteiger partial charge is 0.330 e. The third kappa shape index (κ3) is 16.1. The molecule has 0 saturated heterocycles. The van der Waals surface area contributed by atoms with E-state index in [0.717, 1.165) is 19.4 Å². The number of carbonyl (C=O) groups excluding carboxylic acids is 1. The first-order valence-electron chi connectivity index (χ1n) is 13.0. The minimum Gasteiger partial charge on any atom is -0.479 e. The molecular formula is C26H49N3O3. The summed E-state index contributed by atoms with van der Waals surface area (Å²) < 4.78 is 0. The van der Waals surface area contributed by atoms with E-state index in [9.17, 15) is 14.7 Å². The molecule has 2 atom stereocenters. The molecule has 32 heavy (non-hydrogen) atoms. The number of hydrogen-bond acceptors (Lipinski definition) is 4. The second kappa shape index (κ2) is 20.0. The molecule has 0 rings (SSSR count). The number of amides is 1. The lowest BCUT2D eigenvalue weighted by molar-refractivity contribution is -0.146. The zero-order valence-corrected chi connectivity index (χ0v) is 21.0. The summed E-state index contributed by atoms with van der Waals surface area (Å²) in [6.45, 7) is 6.08. The molecular weight excluding hydrogens is 402 g/mol. The Hall–Kier alpha value is -1.61. The number of carbonyl (C=O) groups is 2. The summed E-state index contributed by atoms with van der Waals surface area (Å²) in [5.41, 5.74) is -1.55. The Kier molecular flexibility index (Phi) is 19.0. The predicted octanol–water partition coefficient (Wildman–Crippen LogP) is 6.10. The monoisotopic (exact) mass is 451 g/mol. The van der Waals surface area contributed by atoms with Gasteiger partial charge in [-0.15, -0.1) is 0 Å². The van der Waals surface area contributed by atoms with Gasteiger partial charge in [0.2, 0.25) is 5.91 Å². The van der Waals surface area contributed by atoms with Crippen LogP contribution in [-0.4, -0.2) is 35.1 Å². The number of aliphatic carboxylic acids is 1. The van der Waals surface area contributed by atoms with Gasteiger partial charge in [0, 0.05) is 0 Å². The fourth-order valence-corrected chi connectivity index (χ4v) is 3.80. The van der Waals surface area contributed by atoms with Crippen molar-refractivity contribution < 1.29 is 14.7 Å². The van der Waals surface area contributed by atoms with Gasteiger partial charge in [0.25, 0.3) is 0 Å². The maximum atomic E-state index is 12.2. The molecule has 0 aliphatic rings. The fourth-order valence-electron chi connectivity index (χ4n) is 3.80. The SMILES string of the molecule is CCCCCCCCCCCCCCCCCCN[C@H](C)C(=O)N[C@](C)(CC#N)C(=O)O. The molecule has 0 aromatic heterocycles. The van der Waals surface area contributed by atoms with Gasteiger partial charge in [-0.2, -0.15) is 5.26 Å². The van der Waals surface area contributed by atoms with Gasteiger partial charge < -0.3 is 15.7 Å². The van der Waals surface area contributed by atoms with Crippen molar-refractivity contribution >= 4 is 11.9 Å². The maximum Gasteiger partial charge on any atom is 0.330 e. The van der Waals surface area contributed by atoms with Crippen LogP contribution in [0.5, 0.6) is 0 Å². The number of nitrogens with zero attached hydrogens (tertiary/aromatic N) is 1. The number of nitriles is 1. The number of carboxylic acids is 1. The van der Waals surface area contributed by atoms with Crippen LogP contribution >= 0.6 is 0 Å². The van der Waals surface area contributed by atoms with Crippen LogP contribution in [0.25, 0.3) is 0 Å². The molecule has 0 radical (unpaired) electrons. The van der Waals surface area contributed by atoms with Crippen molar-refractivity contribution in [2.75, 3.05) is 6.54 Å². The van der Waals surface area contributed by atoms with Crippen LogP contribution in [0.2, 0.25) is 0 Å². The molecule has 0 aromatic rings. The average molecular weight is 452 g/mol. The molecule has 0 spiro atoms. The minimum absolute atomic E-state index is 0.264. The van der Waals surface area contributed by atoms with E-state index in [4.69, 9.17) is 5.26 Å². The summed E-state index contributed by atoms with van der Waals surface area (Å²) in [6.07, 6.45) is 21.0. The van der Waals surface area contributed by atoms with Gasteiger partial charge in [-0.3, -0.25) is 4.79 Å². The van der Waals surface area contributed by atoms with Gasteiger partial charge in [0.15, 0.2) is 0 Å². The van der Waals surface area contributed by atoms with Gasteiger partial charge in [-0.25, -0.2) is 4.79 Å². The molecule has 186 valence electrons. The Bertz CT molecular complexity index is 533. The second-order valence-electron chi connectivity index (χ2n) is 9.44. The molecule has 0 bridgehead atoms. The van der Waals surface area contributed by atoms with Crippen molar-refractivity contribution in [1.82, 2.24) is 10.6 Å². The van der Waals surface area contributed by atoms with Crippen LogP contribution in [0.1, 0.15) is 130 Å². The molecule has 0 unspecified atom stereocenters. The summed E-state index contributed by atoms with van der Waals surface area (Å²) in [7, 11) is 0. The maximum absolute atomic E-state index is 12.2. The van der Waals surface area contributed by atoms with Gasteiger partial charge in [-0.05, 0) is 26.8 Å². The molecule has 1 amide bonds. The molecule has 0 heterocycles. The molecule has 0 aliphatic heterocycles. The van der Waals surface area contributed by atoms with Crippen LogP contribution in [-0.2, 0) is 9.59 Å². The molecule has 6 heteroatoms. The van der Waals surface area contributed by atoms with E-state index in [1.807, 2.05) is 6.07 Å². The van der Waals surface area contributed by atoms with Gasteiger partial charge >= 0.3 is 5.97 Å².